The van der Waals surface area contributed by atoms with Gasteiger partial charge in [-0.25, -0.2) is 0 Å². The van der Waals surface area contributed by atoms with Gasteiger partial charge in [-0.2, -0.15) is 8.42 Å². The van der Waals surface area contributed by atoms with Crippen LogP contribution in [-0.4, -0.2) is 45.2 Å². The van der Waals surface area contributed by atoms with E-state index in [1.165, 1.54) is 0 Å². The lowest BCUT2D eigenvalue weighted by Gasteiger charge is -2.06. The second-order valence-electron chi connectivity index (χ2n) is 2.80. The zero-order valence-electron chi connectivity index (χ0n) is 6.76. The maximum atomic E-state index is 10.6. The monoisotopic (exact) mass is 196 g/mol. The highest BCUT2D eigenvalue weighted by Crippen LogP contribution is 2.16. The second-order valence-corrected chi connectivity index (χ2v) is 4.40. The summed E-state index contributed by atoms with van der Waals surface area (Å²) in [7, 11) is -3.40. The fourth-order valence-corrected chi connectivity index (χ4v) is 1.74. The molecule has 1 fully saturated rings. The normalized spacial score (nSPS) is 30.8. The highest BCUT2D eigenvalue weighted by molar-refractivity contribution is 7.86. The lowest BCUT2D eigenvalue weighted by molar-refractivity contribution is 0.0538. The molecule has 1 aliphatic rings. The maximum absolute atomic E-state index is 10.6. The maximum Gasteiger partial charge on any atom is 0.264 e. The average molecular weight is 196 g/mol. The van der Waals surface area contributed by atoms with Gasteiger partial charge in [0.2, 0.25) is 0 Å². The van der Waals surface area contributed by atoms with Gasteiger partial charge in [0, 0.05) is 6.42 Å². The van der Waals surface area contributed by atoms with E-state index in [-0.39, 0.29) is 19.3 Å². The van der Waals surface area contributed by atoms with Crippen LogP contribution in [0.1, 0.15) is 6.42 Å². The van der Waals surface area contributed by atoms with Crippen molar-refractivity contribution < 1.29 is 22.4 Å². The average Bonchev–Trinajstić information content (AvgIpc) is 2.32. The first-order valence-electron chi connectivity index (χ1n) is 3.62. The molecule has 1 aliphatic heterocycles. The summed E-state index contributed by atoms with van der Waals surface area (Å²) in [6, 6.07) is 0. The third-order valence-electron chi connectivity index (χ3n) is 1.56. The van der Waals surface area contributed by atoms with Crippen LogP contribution in [0.25, 0.3) is 0 Å². The molecule has 0 bridgehead atoms. The van der Waals surface area contributed by atoms with Gasteiger partial charge in [-0.05, 0) is 0 Å². The summed E-state index contributed by atoms with van der Waals surface area (Å²) in [5.74, 6) is 0. The van der Waals surface area contributed by atoms with Gasteiger partial charge in [-0.3, -0.25) is 4.18 Å². The van der Waals surface area contributed by atoms with Crippen LogP contribution in [0.2, 0.25) is 0 Å². The standard InChI is InChI=1S/C6H12O5S/c1-12(8,9)11-6-2-5(3-7)10-4-6/h5-7H,2-4H2,1H3/t5-,6+/m1/s1. The van der Waals surface area contributed by atoms with E-state index < -0.39 is 16.2 Å². The van der Waals surface area contributed by atoms with Gasteiger partial charge in [0.1, 0.15) is 6.10 Å². The van der Waals surface area contributed by atoms with E-state index in [0.717, 1.165) is 6.26 Å². The van der Waals surface area contributed by atoms with Gasteiger partial charge < -0.3 is 9.84 Å². The SMILES string of the molecule is CS(=O)(=O)O[C@@H]1CO[C@@H](CO)C1. The second kappa shape index (κ2) is 3.69. The number of aliphatic hydroxyl groups is 1. The van der Waals surface area contributed by atoms with Gasteiger partial charge in [0.15, 0.2) is 0 Å². The summed E-state index contributed by atoms with van der Waals surface area (Å²) in [6.07, 6.45) is 0.719. The van der Waals surface area contributed by atoms with Crippen LogP contribution in [0.4, 0.5) is 0 Å². The molecule has 0 saturated carbocycles. The van der Waals surface area contributed by atoms with Crippen LogP contribution < -0.4 is 0 Å². The van der Waals surface area contributed by atoms with Crippen molar-refractivity contribution in [3.05, 3.63) is 0 Å². The zero-order valence-corrected chi connectivity index (χ0v) is 7.58. The Hall–Kier alpha value is -0.170. The Labute approximate surface area is 71.4 Å². The third kappa shape index (κ3) is 3.06. The van der Waals surface area contributed by atoms with Crippen molar-refractivity contribution in [2.24, 2.45) is 0 Å². The number of hydrogen-bond donors (Lipinski definition) is 1. The van der Waals surface area contributed by atoms with Crippen molar-refractivity contribution >= 4 is 10.1 Å². The Balaban J connectivity index is 2.38. The molecule has 5 nitrogen and oxygen atoms in total. The van der Waals surface area contributed by atoms with Crippen LogP contribution in [-0.2, 0) is 19.0 Å². The fourth-order valence-electron chi connectivity index (χ4n) is 1.11. The van der Waals surface area contributed by atoms with Gasteiger partial charge >= 0.3 is 0 Å². The first-order valence-corrected chi connectivity index (χ1v) is 5.43. The molecule has 0 aromatic carbocycles. The molecule has 72 valence electrons. The molecule has 0 aromatic rings. The molecule has 0 unspecified atom stereocenters. The van der Waals surface area contributed by atoms with Gasteiger partial charge in [-0.15, -0.1) is 0 Å². The van der Waals surface area contributed by atoms with Crippen molar-refractivity contribution in [2.75, 3.05) is 19.5 Å². The highest BCUT2D eigenvalue weighted by Gasteiger charge is 2.28. The van der Waals surface area contributed by atoms with E-state index in [0.29, 0.717) is 6.42 Å². The first kappa shape index (κ1) is 9.91. The van der Waals surface area contributed by atoms with E-state index in [9.17, 15) is 8.42 Å². The van der Waals surface area contributed by atoms with Crippen LogP contribution in [0.5, 0.6) is 0 Å². The molecule has 2 atom stereocenters. The van der Waals surface area contributed by atoms with Crippen LogP contribution >= 0.6 is 0 Å². The van der Waals surface area contributed by atoms with E-state index in [1.54, 1.807) is 0 Å². The molecule has 0 amide bonds. The zero-order chi connectivity index (χ0) is 9.19. The predicted octanol–water partition coefficient (Wildman–Crippen LogP) is -0.888. The molecule has 0 spiro atoms. The number of aliphatic hydroxyl groups excluding tert-OH is 1. The van der Waals surface area contributed by atoms with E-state index in [2.05, 4.69) is 4.18 Å². The molecule has 1 heterocycles. The largest absolute Gasteiger partial charge is 0.394 e. The first-order chi connectivity index (χ1) is 5.51. The lowest BCUT2D eigenvalue weighted by Crippen LogP contribution is -2.18. The summed E-state index contributed by atoms with van der Waals surface area (Å²) in [6.45, 7) is 0.141. The molecule has 0 radical (unpaired) electrons. The third-order valence-corrected chi connectivity index (χ3v) is 2.18. The van der Waals surface area contributed by atoms with Gasteiger partial charge in [-0.1, -0.05) is 0 Å². The lowest BCUT2D eigenvalue weighted by atomic mass is 10.2. The van der Waals surface area contributed by atoms with Gasteiger partial charge in [0.05, 0.1) is 25.6 Å². The molecular weight excluding hydrogens is 184 g/mol. The topological polar surface area (TPSA) is 72.8 Å². The van der Waals surface area contributed by atoms with E-state index in [4.69, 9.17) is 9.84 Å². The summed E-state index contributed by atoms with van der Waals surface area (Å²) in [5, 5.41) is 8.65. The molecule has 0 aliphatic carbocycles. The highest BCUT2D eigenvalue weighted by atomic mass is 32.2. The van der Waals surface area contributed by atoms with Crippen molar-refractivity contribution in [3.8, 4) is 0 Å². The quantitative estimate of drug-likeness (QED) is 0.593. The molecule has 1 N–H and O–H groups in total. The summed E-state index contributed by atoms with van der Waals surface area (Å²) in [4.78, 5) is 0. The van der Waals surface area contributed by atoms with Crippen LogP contribution in [0.15, 0.2) is 0 Å². The van der Waals surface area contributed by atoms with Crippen molar-refractivity contribution in [1.82, 2.24) is 0 Å². The van der Waals surface area contributed by atoms with Crippen molar-refractivity contribution in [1.29, 1.82) is 0 Å². The van der Waals surface area contributed by atoms with Gasteiger partial charge in [0.25, 0.3) is 10.1 Å². The summed E-state index contributed by atoms with van der Waals surface area (Å²) < 4.78 is 31.0. The Kier molecular flexibility index (Phi) is 3.05. The van der Waals surface area contributed by atoms with Crippen LogP contribution in [0, 0.1) is 0 Å². The predicted molar refractivity (Wildman–Crippen MR) is 41.2 cm³/mol. The van der Waals surface area contributed by atoms with Crippen LogP contribution in [0.3, 0.4) is 0 Å². The van der Waals surface area contributed by atoms with Crippen molar-refractivity contribution in [3.63, 3.8) is 0 Å². The van der Waals surface area contributed by atoms with E-state index in [1.807, 2.05) is 0 Å². The molecular formula is C6H12O5S. The minimum atomic E-state index is -3.40. The van der Waals surface area contributed by atoms with Crippen molar-refractivity contribution in [2.45, 2.75) is 18.6 Å². The molecule has 6 heteroatoms. The Morgan fingerprint density at radius 2 is 2.33 bits per heavy atom. The Morgan fingerprint density at radius 3 is 2.75 bits per heavy atom. The summed E-state index contributed by atoms with van der Waals surface area (Å²) in [5.41, 5.74) is 0. The van der Waals surface area contributed by atoms with E-state index >= 15 is 0 Å². The number of rotatable bonds is 3. The molecule has 1 saturated heterocycles. The Morgan fingerprint density at radius 1 is 1.67 bits per heavy atom. The minimum absolute atomic E-state index is 0.0936. The smallest absolute Gasteiger partial charge is 0.264 e. The number of ether oxygens (including phenoxy) is 1. The molecule has 12 heavy (non-hydrogen) atoms. The Bertz CT molecular complexity index is 234. The summed E-state index contributed by atoms with van der Waals surface area (Å²) >= 11 is 0. The minimum Gasteiger partial charge on any atom is -0.394 e. The molecule has 0 aromatic heterocycles. The molecule has 1 rings (SSSR count). The fraction of sp³-hybridized carbons (Fsp3) is 1.00. The number of hydrogen-bond acceptors (Lipinski definition) is 5.